The Morgan fingerprint density at radius 1 is 1.21 bits per heavy atom. The number of rotatable bonds is 2. The van der Waals surface area contributed by atoms with E-state index in [0.29, 0.717) is 5.75 Å². The lowest BCUT2D eigenvalue weighted by Crippen LogP contribution is -2.00. The van der Waals surface area contributed by atoms with Crippen LogP contribution in [-0.4, -0.2) is 14.2 Å². The Morgan fingerprint density at radius 3 is 2.64 bits per heavy atom. The summed E-state index contributed by atoms with van der Waals surface area (Å²) >= 11 is 0. The molecular formula is C11H15NO2. The van der Waals surface area contributed by atoms with Crippen LogP contribution in [0.25, 0.3) is 0 Å². The fourth-order valence-corrected chi connectivity index (χ4v) is 2.09. The number of hydrogen-bond acceptors (Lipinski definition) is 3. The maximum Gasteiger partial charge on any atom is 0.184 e. The van der Waals surface area contributed by atoms with E-state index in [9.17, 15) is 0 Å². The summed E-state index contributed by atoms with van der Waals surface area (Å²) < 4.78 is 10.5. The highest BCUT2D eigenvalue weighted by Gasteiger charge is 2.20. The van der Waals surface area contributed by atoms with Gasteiger partial charge < -0.3 is 15.2 Å². The van der Waals surface area contributed by atoms with Gasteiger partial charge in [0.2, 0.25) is 0 Å². The number of ether oxygens (including phenoxy) is 2. The third kappa shape index (κ3) is 1.20. The Kier molecular flexibility index (Phi) is 2.23. The first-order valence-corrected chi connectivity index (χ1v) is 4.80. The van der Waals surface area contributed by atoms with E-state index < -0.39 is 0 Å². The summed E-state index contributed by atoms with van der Waals surface area (Å²) in [5.41, 5.74) is 9.31. The number of nitrogens with two attached hydrogens (primary N) is 1. The van der Waals surface area contributed by atoms with Crippen LogP contribution >= 0.6 is 0 Å². The van der Waals surface area contributed by atoms with Crippen LogP contribution < -0.4 is 15.2 Å². The van der Waals surface area contributed by atoms with Gasteiger partial charge >= 0.3 is 0 Å². The van der Waals surface area contributed by atoms with Crippen LogP contribution in [0.3, 0.4) is 0 Å². The molecule has 0 atom stereocenters. The standard InChI is InChI=1S/C11H15NO2/c1-13-9-6-7-4-3-5-8(7)10(12)11(9)14-2/h6H,3-5,12H2,1-2H3. The molecule has 2 N–H and O–H groups in total. The maximum atomic E-state index is 6.02. The smallest absolute Gasteiger partial charge is 0.184 e. The lowest BCUT2D eigenvalue weighted by molar-refractivity contribution is 0.356. The molecule has 0 unspecified atom stereocenters. The Hall–Kier alpha value is -1.38. The third-order valence-corrected chi connectivity index (χ3v) is 2.78. The van der Waals surface area contributed by atoms with Crippen molar-refractivity contribution in [2.75, 3.05) is 20.0 Å². The summed E-state index contributed by atoms with van der Waals surface area (Å²) in [4.78, 5) is 0. The van der Waals surface area contributed by atoms with Gasteiger partial charge in [-0.25, -0.2) is 0 Å². The highest BCUT2D eigenvalue weighted by Crippen LogP contribution is 2.41. The number of aryl methyl sites for hydroxylation is 1. The van der Waals surface area contributed by atoms with E-state index in [1.54, 1.807) is 14.2 Å². The van der Waals surface area contributed by atoms with E-state index in [1.165, 1.54) is 17.5 Å². The van der Waals surface area contributed by atoms with Crippen LogP contribution in [0, 0.1) is 0 Å². The molecule has 0 amide bonds. The van der Waals surface area contributed by atoms with Crippen molar-refractivity contribution in [2.24, 2.45) is 0 Å². The third-order valence-electron chi connectivity index (χ3n) is 2.78. The molecule has 0 saturated carbocycles. The van der Waals surface area contributed by atoms with Crippen LogP contribution in [0.1, 0.15) is 17.5 Å². The molecule has 0 fully saturated rings. The molecule has 1 aliphatic rings. The number of hydrogen-bond donors (Lipinski definition) is 1. The molecule has 0 spiro atoms. The summed E-state index contributed by atoms with van der Waals surface area (Å²) in [6.45, 7) is 0. The summed E-state index contributed by atoms with van der Waals surface area (Å²) in [7, 11) is 3.26. The zero-order valence-corrected chi connectivity index (χ0v) is 8.59. The molecule has 3 heteroatoms. The number of methoxy groups -OCH3 is 2. The van der Waals surface area contributed by atoms with Crippen LogP contribution in [0.4, 0.5) is 5.69 Å². The minimum Gasteiger partial charge on any atom is -0.493 e. The van der Waals surface area contributed by atoms with Gasteiger partial charge in [-0.05, 0) is 36.5 Å². The first-order chi connectivity index (χ1) is 6.77. The molecular weight excluding hydrogens is 178 g/mol. The second kappa shape index (κ2) is 3.40. The average Bonchev–Trinajstić information content (AvgIpc) is 2.65. The Bertz CT molecular complexity index is 361. The van der Waals surface area contributed by atoms with Gasteiger partial charge in [-0.15, -0.1) is 0 Å². The van der Waals surface area contributed by atoms with Gasteiger partial charge in [0.15, 0.2) is 11.5 Å². The topological polar surface area (TPSA) is 44.5 Å². The fraction of sp³-hybridized carbons (Fsp3) is 0.455. The van der Waals surface area contributed by atoms with Crippen LogP contribution in [0.15, 0.2) is 6.07 Å². The van der Waals surface area contributed by atoms with Gasteiger partial charge in [-0.2, -0.15) is 0 Å². The predicted molar refractivity (Wildman–Crippen MR) is 56.0 cm³/mol. The molecule has 76 valence electrons. The molecule has 0 radical (unpaired) electrons. The van der Waals surface area contributed by atoms with Gasteiger partial charge in [0.1, 0.15) is 0 Å². The van der Waals surface area contributed by atoms with Gasteiger partial charge in [0.25, 0.3) is 0 Å². The molecule has 0 bridgehead atoms. The fourth-order valence-electron chi connectivity index (χ4n) is 2.09. The molecule has 0 heterocycles. The molecule has 3 nitrogen and oxygen atoms in total. The minimum atomic E-state index is 0.674. The molecule has 0 aliphatic heterocycles. The lowest BCUT2D eigenvalue weighted by Gasteiger charge is -2.13. The van der Waals surface area contributed by atoms with E-state index in [2.05, 4.69) is 0 Å². The second-order valence-electron chi connectivity index (χ2n) is 3.52. The van der Waals surface area contributed by atoms with Gasteiger partial charge in [-0.3, -0.25) is 0 Å². The van der Waals surface area contributed by atoms with E-state index in [4.69, 9.17) is 15.2 Å². The second-order valence-corrected chi connectivity index (χ2v) is 3.52. The van der Waals surface area contributed by atoms with Crippen LogP contribution in [-0.2, 0) is 12.8 Å². The lowest BCUT2D eigenvalue weighted by atomic mass is 10.1. The first kappa shape index (κ1) is 9.19. The normalized spacial score (nSPS) is 13.9. The quantitative estimate of drug-likeness (QED) is 0.728. The minimum absolute atomic E-state index is 0.674. The summed E-state index contributed by atoms with van der Waals surface area (Å²) in [5, 5.41) is 0. The Morgan fingerprint density at radius 2 is 2.00 bits per heavy atom. The van der Waals surface area contributed by atoms with E-state index in [1.807, 2.05) is 6.07 Å². The summed E-state index contributed by atoms with van der Waals surface area (Å²) in [6, 6.07) is 2.04. The van der Waals surface area contributed by atoms with Crippen molar-refractivity contribution in [1.29, 1.82) is 0 Å². The van der Waals surface area contributed by atoms with Crippen molar-refractivity contribution >= 4 is 5.69 Å². The van der Waals surface area contributed by atoms with Crippen molar-refractivity contribution in [3.05, 3.63) is 17.2 Å². The maximum absolute atomic E-state index is 6.02. The van der Waals surface area contributed by atoms with Crippen molar-refractivity contribution in [3.8, 4) is 11.5 Å². The number of fused-ring (bicyclic) bond motifs is 1. The number of nitrogen functional groups attached to an aromatic ring is 1. The first-order valence-electron chi connectivity index (χ1n) is 4.80. The van der Waals surface area contributed by atoms with Gasteiger partial charge in [-0.1, -0.05) is 0 Å². The van der Waals surface area contributed by atoms with Gasteiger partial charge in [0.05, 0.1) is 19.9 Å². The van der Waals surface area contributed by atoms with E-state index in [-0.39, 0.29) is 0 Å². The molecule has 0 saturated heterocycles. The predicted octanol–water partition coefficient (Wildman–Crippen LogP) is 1.77. The molecule has 1 aliphatic carbocycles. The largest absolute Gasteiger partial charge is 0.493 e. The highest BCUT2D eigenvalue weighted by atomic mass is 16.5. The van der Waals surface area contributed by atoms with Crippen LogP contribution in [0.2, 0.25) is 0 Å². The Labute approximate surface area is 83.8 Å². The highest BCUT2D eigenvalue weighted by molar-refractivity contribution is 5.68. The molecule has 1 aromatic rings. The summed E-state index contributed by atoms with van der Waals surface area (Å²) in [5.74, 6) is 1.42. The molecule has 1 aromatic carbocycles. The molecule has 0 aromatic heterocycles. The summed E-state index contributed by atoms with van der Waals surface area (Å²) in [6.07, 6.45) is 3.33. The van der Waals surface area contributed by atoms with Crippen molar-refractivity contribution in [3.63, 3.8) is 0 Å². The number of anilines is 1. The van der Waals surface area contributed by atoms with Crippen molar-refractivity contribution in [2.45, 2.75) is 19.3 Å². The number of benzene rings is 1. The van der Waals surface area contributed by atoms with E-state index in [0.717, 1.165) is 24.3 Å². The zero-order valence-electron chi connectivity index (χ0n) is 8.59. The Balaban J connectivity index is 2.60. The van der Waals surface area contributed by atoms with Gasteiger partial charge in [0, 0.05) is 0 Å². The van der Waals surface area contributed by atoms with Crippen molar-refractivity contribution < 1.29 is 9.47 Å². The van der Waals surface area contributed by atoms with Crippen LogP contribution in [0.5, 0.6) is 11.5 Å². The molecule has 14 heavy (non-hydrogen) atoms. The zero-order chi connectivity index (χ0) is 10.1. The van der Waals surface area contributed by atoms with Crippen molar-refractivity contribution in [1.82, 2.24) is 0 Å². The monoisotopic (exact) mass is 193 g/mol. The van der Waals surface area contributed by atoms with E-state index >= 15 is 0 Å². The average molecular weight is 193 g/mol. The SMILES string of the molecule is COc1cc2c(c(N)c1OC)CCC2. The molecule has 2 rings (SSSR count).